The molecule has 35 heavy (non-hydrogen) atoms. The molecule has 0 heterocycles. The number of amides is 2. The molecule has 0 radical (unpaired) electrons. The zero-order valence-corrected chi connectivity index (χ0v) is 20.3. The Hall–Kier alpha value is -3.35. The molecule has 3 N–H and O–H groups in total. The Bertz CT molecular complexity index is 1030. The first-order valence-corrected chi connectivity index (χ1v) is 12.4. The van der Waals surface area contributed by atoms with Crippen molar-refractivity contribution in [3.8, 4) is 11.1 Å². The maximum absolute atomic E-state index is 12.5. The van der Waals surface area contributed by atoms with Crippen molar-refractivity contribution in [3.63, 3.8) is 0 Å². The van der Waals surface area contributed by atoms with Crippen LogP contribution in [0.2, 0.25) is 0 Å². The fraction of sp³-hybridized carbons (Fsp3) is 0.464. The molecule has 0 aromatic heterocycles. The van der Waals surface area contributed by atoms with Gasteiger partial charge in [0.15, 0.2) is 0 Å². The molecular weight excluding hydrogens is 444 g/mol. The SMILES string of the molecule is CC(C)C[C@H](CNC(=O)OCC1c2ccccc2-c2ccccc21)CC(=O)NC1CC(C(=O)O)C1. The summed E-state index contributed by atoms with van der Waals surface area (Å²) >= 11 is 0. The lowest BCUT2D eigenvalue weighted by Crippen LogP contribution is -2.47. The average molecular weight is 479 g/mol. The molecule has 2 aliphatic rings. The highest BCUT2D eigenvalue weighted by Crippen LogP contribution is 2.44. The number of ether oxygens (including phenoxy) is 1. The highest BCUT2D eigenvalue weighted by Gasteiger charge is 2.35. The van der Waals surface area contributed by atoms with Crippen molar-refractivity contribution in [2.75, 3.05) is 13.2 Å². The molecule has 2 amide bonds. The van der Waals surface area contributed by atoms with Crippen LogP contribution in [0.3, 0.4) is 0 Å². The summed E-state index contributed by atoms with van der Waals surface area (Å²) in [4.78, 5) is 36.0. The van der Waals surface area contributed by atoms with Gasteiger partial charge in [0.25, 0.3) is 0 Å². The first-order chi connectivity index (χ1) is 16.8. The second kappa shape index (κ2) is 10.9. The van der Waals surface area contributed by atoms with Gasteiger partial charge in [-0.15, -0.1) is 0 Å². The summed E-state index contributed by atoms with van der Waals surface area (Å²) in [6.45, 7) is 4.77. The minimum Gasteiger partial charge on any atom is -0.481 e. The van der Waals surface area contributed by atoms with E-state index in [1.807, 2.05) is 24.3 Å². The molecule has 4 rings (SSSR count). The van der Waals surface area contributed by atoms with Crippen molar-refractivity contribution in [1.29, 1.82) is 0 Å². The van der Waals surface area contributed by atoms with Crippen LogP contribution >= 0.6 is 0 Å². The third kappa shape index (κ3) is 6.02. The number of hydrogen-bond donors (Lipinski definition) is 3. The van der Waals surface area contributed by atoms with E-state index in [1.165, 1.54) is 11.1 Å². The largest absolute Gasteiger partial charge is 0.481 e. The van der Waals surface area contributed by atoms with Crippen LogP contribution < -0.4 is 10.6 Å². The molecule has 2 aromatic carbocycles. The van der Waals surface area contributed by atoms with Gasteiger partial charge in [-0.3, -0.25) is 9.59 Å². The van der Waals surface area contributed by atoms with E-state index < -0.39 is 12.1 Å². The zero-order valence-electron chi connectivity index (χ0n) is 20.3. The monoisotopic (exact) mass is 478 g/mol. The number of nitrogens with one attached hydrogen (secondary N) is 2. The summed E-state index contributed by atoms with van der Waals surface area (Å²) in [7, 11) is 0. The van der Waals surface area contributed by atoms with Gasteiger partial charge in [-0.2, -0.15) is 0 Å². The van der Waals surface area contributed by atoms with Gasteiger partial charge in [-0.05, 0) is 53.4 Å². The lowest BCUT2D eigenvalue weighted by atomic mass is 9.80. The molecule has 0 unspecified atom stereocenters. The maximum Gasteiger partial charge on any atom is 0.407 e. The Morgan fingerprint density at radius 3 is 2.17 bits per heavy atom. The number of rotatable bonds is 10. The van der Waals surface area contributed by atoms with Crippen molar-refractivity contribution < 1.29 is 24.2 Å². The fourth-order valence-corrected chi connectivity index (χ4v) is 5.27. The van der Waals surface area contributed by atoms with Crippen LogP contribution in [-0.2, 0) is 14.3 Å². The van der Waals surface area contributed by atoms with E-state index in [-0.39, 0.29) is 42.7 Å². The number of carbonyl (C=O) groups is 3. The molecule has 0 aliphatic heterocycles. The smallest absolute Gasteiger partial charge is 0.407 e. The standard InChI is InChI=1S/C28H34N2O5/c1-17(2)11-18(12-26(31)30-20-13-19(14-20)27(32)33)15-29-28(34)35-16-25-23-9-5-3-7-21(23)22-8-4-6-10-24(22)25/h3-10,17-20,25H,11-16H2,1-2H3,(H,29,34)(H,30,31)(H,32,33)/t18-,19?,20?/m0/s1. The number of benzene rings is 2. The summed E-state index contributed by atoms with van der Waals surface area (Å²) in [5, 5.41) is 14.8. The molecule has 1 atom stereocenters. The molecule has 186 valence electrons. The van der Waals surface area contributed by atoms with E-state index in [4.69, 9.17) is 9.84 Å². The normalized spacial score (nSPS) is 19.3. The average Bonchev–Trinajstić information content (AvgIpc) is 3.11. The van der Waals surface area contributed by atoms with Crippen molar-refractivity contribution in [3.05, 3.63) is 59.7 Å². The molecule has 1 saturated carbocycles. The molecule has 1 fully saturated rings. The van der Waals surface area contributed by atoms with E-state index in [1.54, 1.807) is 0 Å². The third-order valence-corrected chi connectivity index (χ3v) is 7.01. The van der Waals surface area contributed by atoms with Gasteiger partial charge in [-0.25, -0.2) is 4.79 Å². The van der Waals surface area contributed by atoms with Gasteiger partial charge in [0.2, 0.25) is 5.91 Å². The van der Waals surface area contributed by atoms with Crippen molar-refractivity contribution >= 4 is 18.0 Å². The van der Waals surface area contributed by atoms with Crippen LogP contribution in [-0.4, -0.2) is 42.3 Å². The number of carboxylic acids is 1. The Kier molecular flexibility index (Phi) is 7.73. The highest BCUT2D eigenvalue weighted by atomic mass is 16.5. The molecule has 7 heteroatoms. The second-order valence-corrected chi connectivity index (χ2v) is 10.2. The quantitative estimate of drug-likeness (QED) is 0.464. The number of aliphatic carboxylic acids is 1. The van der Waals surface area contributed by atoms with E-state index in [0.717, 1.165) is 17.5 Å². The number of hydrogen-bond acceptors (Lipinski definition) is 4. The molecule has 0 saturated heterocycles. The predicted octanol–water partition coefficient (Wildman–Crippen LogP) is 4.56. The third-order valence-electron chi connectivity index (χ3n) is 7.01. The Morgan fingerprint density at radius 2 is 1.60 bits per heavy atom. The first kappa shape index (κ1) is 24.8. The minimum absolute atomic E-state index is 0.00231. The number of carboxylic acid groups (broad SMARTS) is 1. The number of carbonyl (C=O) groups excluding carboxylic acids is 2. The fourth-order valence-electron chi connectivity index (χ4n) is 5.27. The van der Waals surface area contributed by atoms with Crippen LogP contribution in [0, 0.1) is 17.8 Å². The van der Waals surface area contributed by atoms with Crippen LogP contribution in [0.4, 0.5) is 4.79 Å². The Labute approximate surface area is 206 Å². The molecule has 2 aliphatic carbocycles. The van der Waals surface area contributed by atoms with Gasteiger partial charge in [-0.1, -0.05) is 62.4 Å². The van der Waals surface area contributed by atoms with Gasteiger partial charge in [0, 0.05) is 24.9 Å². The summed E-state index contributed by atoms with van der Waals surface area (Å²) in [5.41, 5.74) is 4.69. The minimum atomic E-state index is -0.805. The van der Waals surface area contributed by atoms with Crippen molar-refractivity contribution in [2.24, 2.45) is 17.8 Å². The summed E-state index contributed by atoms with van der Waals surface area (Å²) < 4.78 is 5.62. The summed E-state index contributed by atoms with van der Waals surface area (Å²) in [6.07, 6.45) is 1.56. The lowest BCUT2D eigenvalue weighted by Gasteiger charge is -2.33. The van der Waals surface area contributed by atoms with Crippen molar-refractivity contribution in [2.45, 2.75) is 51.5 Å². The van der Waals surface area contributed by atoms with Gasteiger partial charge in [0.1, 0.15) is 6.61 Å². The number of fused-ring (bicyclic) bond motifs is 3. The first-order valence-electron chi connectivity index (χ1n) is 12.4. The van der Waals surface area contributed by atoms with Crippen LogP contribution in [0.1, 0.15) is 56.6 Å². The topological polar surface area (TPSA) is 105 Å². The molecule has 7 nitrogen and oxygen atoms in total. The van der Waals surface area contributed by atoms with E-state index >= 15 is 0 Å². The van der Waals surface area contributed by atoms with E-state index in [9.17, 15) is 14.4 Å². The van der Waals surface area contributed by atoms with Crippen LogP contribution in [0.5, 0.6) is 0 Å². The van der Waals surface area contributed by atoms with Crippen LogP contribution in [0.15, 0.2) is 48.5 Å². The van der Waals surface area contributed by atoms with Gasteiger partial charge < -0.3 is 20.5 Å². The predicted molar refractivity (Wildman–Crippen MR) is 133 cm³/mol. The molecular formula is C28H34N2O5. The zero-order chi connectivity index (χ0) is 24.9. The summed E-state index contributed by atoms with van der Waals surface area (Å²) in [6, 6.07) is 16.3. The molecule has 0 spiro atoms. The summed E-state index contributed by atoms with van der Waals surface area (Å²) in [5.74, 6) is -0.910. The maximum atomic E-state index is 12.5. The van der Waals surface area contributed by atoms with Crippen LogP contribution in [0.25, 0.3) is 11.1 Å². The van der Waals surface area contributed by atoms with E-state index in [2.05, 4.69) is 48.7 Å². The Morgan fingerprint density at radius 1 is 1.00 bits per heavy atom. The van der Waals surface area contributed by atoms with Gasteiger partial charge in [0.05, 0.1) is 5.92 Å². The lowest BCUT2D eigenvalue weighted by molar-refractivity contribution is -0.146. The highest BCUT2D eigenvalue weighted by molar-refractivity contribution is 5.79. The van der Waals surface area contributed by atoms with E-state index in [0.29, 0.717) is 25.3 Å². The molecule has 2 aromatic rings. The van der Waals surface area contributed by atoms with Crippen molar-refractivity contribution in [1.82, 2.24) is 10.6 Å². The Balaban J connectivity index is 1.27. The number of alkyl carbamates (subject to hydrolysis) is 1. The molecule has 0 bridgehead atoms. The second-order valence-electron chi connectivity index (χ2n) is 10.2. The van der Waals surface area contributed by atoms with Gasteiger partial charge >= 0.3 is 12.1 Å².